The van der Waals surface area contributed by atoms with Gasteiger partial charge in [0.15, 0.2) is 16.6 Å². The third-order valence-corrected chi connectivity index (χ3v) is 7.78. The van der Waals surface area contributed by atoms with Gasteiger partial charge >= 0.3 is 5.91 Å². The summed E-state index contributed by atoms with van der Waals surface area (Å²) in [5, 5.41) is 11.8. The highest BCUT2D eigenvalue weighted by atomic mass is 79.9. The Labute approximate surface area is 223 Å². The van der Waals surface area contributed by atoms with E-state index in [-0.39, 0.29) is 11.3 Å². The predicted molar refractivity (Wildman–Crippen MR) is 143 cm³/mol. The summed E-state index contributed by atoms with van der Waals surface area (Å²) in [7, 11) is 1.58. The van der Waals surface area contributed by atoms with Crippen LogP contribution in [0.4, 0.5) is 5.13 Å². The van der Waals surface area contributed by atoms with Crippen LogP contribution >= 0.6 is 27.3 Å². The van der Waals surface area contributed by atoms with E-state index in [0.29, 0.717) is 52.2 Å². The lowest BCUT2D eigenvalue weighted by atomic mass is 9.95. The number of carbonyl (C=O) groups is 2. The van der Waals surface area contributed by atoms with E-state index in [1.54, 1.807) is 49.6 Å². The molecular formula is C27H19BrN2O6S. The molecule has 1 atom stereocenters. The number of fused-ring (bicyclic) bond motifs is 2. The van der Waals surface area contributed by atoms with Crippen molar-refractivity contribution in [2.45, 2.75) is 6.04 Å². The number of thiazole rings is 1. The summed E-state index contributed by atoms with van der Waals surface area (Å²) >= 11 is 4.70. The van der Waals surface area contributed by atoms with Crippen molar-refractivity contribution in [1.29, 1.82) is 0 Å². The van der Waals surface area contributed by atoms with E-state index in [1.807, 2.05) is 18.2 Å². The molecular weight excluding hydrogens is 560 g/mol. The number of Topliss-reactive ketones (excluding diaryl/α,β-unsaturated/α-hetero) is 1. The zero-order chi connectivity index (χ0) is 25.7. The second-order valence-electron chi connectivity index (χ2n) is 8.41. The number of ketones is 1. The largest absolute Gasteiger partial charge is 0.507 e. The van der Waals surface area contributed by atoms with Crippen molar-refractivity contribution < 1.29 is 28.9 Å². The molecule has 0 bridgehead atoms. The number of amides is 1. The molecule has 0 radical (unpaired) electrons. The van der Waals surface area contributed by atoms with Crippen LogP contribution in [-0.4, -0.2) is 42.1 Å². The predicted octanol–water partition coefficient (Wildman–Crippen LogP) is 5.46. The second-order valence-corrected chi connectivity index (χ2v) is 10.3. The van der Waals surface area contributed by atoms with Crippen LogP contribution in [0.3, 0.4) is 0 Å². The Balaban J connectivity index is 1.52. The molecule has 3 aromatic carbocycles. The van der Waals surface area contributed by atoms with E-state index in [4.69, 9.17) is 14.2 Å². The second kappa shape index (κ2) is 9.20. The fourth-order valence-corrected chi connectivity index (χ4v) is 5.74. The fraction of sp³-hybridized carbons (Fsp3) is 0.148. The summed E-state index contributed by atoms with van der Waals surface area (Å²) in [6.45, 7) is 0.809. The number of hydrogen-bond acceptors (Lipinski definition) is 8. The molecule has 0 saturated carbocycles. The number of aliphatic hydroxyl groups is 1. The normalized spacial score (nSPS) is 18.4. The van der Waals surface area contributed by atoms with E-state index >= 15 is 0 Å². The Morgan fingerprint density at radius 2 is 1.81 bits per heavy atom. The van der Waals surface area contributed by atoms with Crippen LogP contribution in [-0.2, 0) is 9.59 Å². The number of methoxy groups -OCH3 is 1. The van der Waals surface area contributed by atoms with Gasteiger partial charge in [-0.2, -0.15) is 0 Å². The maximum Gasteiger partial charge on any atom is 0.301 e. The van der Waals surface area contributed by atoms with Gasteiger partial charge in [0.25, 0.3) is 5.78 Å². The molecule has 1 saturated heterocycles. The van der Waals surface area contributed by atoms with Gasteiger partial charge < -0.3 is 19.3 Å². The van der Waals surface area contributed by atoms with Gasteiger partial charge in [-0.1, -0.05) is 39.4 Å². The highest BCUT2D eigenvalue weighted by Crippen LogP contribution is 2.45. The van der Waals surface area contributed by atoms with E-state index < -0.39 is 17.7 Å². The first-order valence-electron chi connectivity index (χ1n) is 11.4. The highest BCUT2D eigenvalue weighted by Gasteiger charge is 2.48. The van der Waals surface area contributed by atoms with E-state index in [0.717, 1.165) is 9.17 Å². The van der Waals surface area contributed by atoms with Crippen molar-refractivity contribution in [3.8, 4) is 17.2 Å². The van der Waals surface area contributed by atoms with E-state index in [2.05, 4.69) is 20.9 Å². The average molecular weight is 579 g/mol. The Bertz CT molecular complexity index is 1600. The monoisotopic (exact) mass is 578 g/mol. The molecule has 1 unspecified atom stereocenters. The molecule has 2 aliphatic rings. The molecule has 1 N–H and O–H groups in total. The topological polar surface area (TPSA) is 98.2 Å². The maximum absolute atomic E-state index is 13.5. The van der Waals surface area contributed by atoms with Crippen molar-refractivity contribution in [2.75, 3.05) is 25.2 Å². The van der Waals surface area contributed by atoms with Crippen LogP contribution in [0.15, 0.2) is 70.7 Å². The lowest BCUT2D eigenvalue weighted by molar-refractivity contribution is -0.132. The molecule has 0 spiro atoms. The summed E-state index contributed by atoms with van der Waals surface area (Å²) in [5.41, 5.74) is 1.64. The molecule has 1 amide bonds. The molecule has 3 heterocycles. The van der Waals surface area contributed by atoms with Crippen LogP contribution in [0.2, 0.25) is 0 Å². The van der Waals surface area contributed by atoms with Crippen LogP contribution < -0.4 is 19.1 Å². The smallest absolute Gasteiger partial charge is 0.301 e. The van der Waals surface area contributed by atoms with Gasteiger partial charge in [0.2, 0.25) is 0 Å². The average Bonchev–Trinajstić information content (AvgIpc) is 3.46. The van der Waals surface area contributed by atoms with Gasteiger partial charge in [0.1, 0.15) is 24.7 Å². The third-order valence-electron chi connectivity index (χ3n) is 6.24. The van der Waals surface area contributed by atoms with Gasteiger partial charge in [0, 0.05) is 10.0 Å². The quantitative estimate of drug-likeness (QED) is 0.195. The minimum atomic E-state index is -0.885. The number of hydrogen-bond donors (Lipinski definition) is 1. The molecule has 37 heavy (non-hydrogen) atoms. The number of halogens is 1. The van der Waals surface area contributed by atoms with E-state index in [1.165, 1.54) is 16.2 Å². The summed E-state index contributed by atoms with van der Waals surface area (Å²) < 4.78 is 18.2. The zero-order valence-electron chi connectivity index (χ0n) is 19.4. The van der Waals surface area contributed by atoms with E-state index in [9.17, 15) is 14.7 Å². The summed E-state index contributed by atoms with van der Waals surface area (Å²) in [4.78, 5) is 32.9. The van der Waals surface area contributed by atoms with Crippen molar-refractivity contribution in [3.63, 3.8) is 0 Å². The molecule has 8 nitrogen and oxygen atoms in total. The van der Waals surface area contributed by atoms with Gasteiger partial charge in [-0.3, -0.25) is 14.5 Å². The molecule has 10 heteroatoms. The minimum Gasteiger partial charge on any atom is -0.507 e. The van der Waals surface area contributed by atoms with Crippen molar-refractivity contribution >= 4 is 60.1 Å². The highest BCUT2D eigenvalue weighted by molar-refractivity contribution is 9.10. The number of nitrogens with zero attached hydrogens (tertiary/aromatic N) is 2. The van der Waals surface area contributed by atoms with Crippen LogP contribution in [0.5, 0.6) is 17.2 Å². The third kappa shape index (κ3) is 4.02. The van der Waals surface area contributed by atoms with Crippen LogP contribution in [0, 0.1) is 0 Å². The van der Waals surface area contributed by atoms with Gasteiger partial charge in [-0.25, -0.2) is 4.98 Å². The number of rotatable bonds is 4. The number of benzene rings is 3. The fourth-order valence-electron chi connectivity index (χ4n) is 4.46. The standard InChI is InChI=1S/C27H19BrN2O6S/c1-34-17-7-8-18-21(13-17)37-27(29-18)30-23(14-2-5-16(28)6-3-14)22(25(32)26(30)33)24(31)15-4-9-19-20(12-15)36-11-10-35-19/h2-9,12-13,23,31H,10-11H2,1H3/b24-22+. The zero-order valence-corrected chi connectivity index (χ0v) is 21.8. The number of aliphatic hydroxyl groups excluding tert-OH is 1. The Kier molecular flexibility index (Phi) is 5.85. The van der Waals surface area contributed by atoms with Crippen molar-refractivity contribution in [2.24, 2.45) is 0 Å². The first-order valence-corrected chi connectivity index (χ1v) is 13.0. The maximum atomic E-state index is 13.5. The molecule has 186 valence electrons. The lowest BCUT2D eigenvalue weighted by Gasteiger charge is -2.23. The molecule has 4 aromatic rings. The minimum absolute atomic E-state index is 0.0270. The summed E-state index contributed by atoms with van der Waals surface area (Å²) in [6, 6.07) is 16.7. The molecule has 2 aliphatic heterocycles. The first-order chi connectivity index (χ1) is 17.9. The summed E-state index contributed by atoms with van der Waals surface area (Å²) in [6.07, 6.45) is 0. The number of ether oxygens (including phenoxy) is 3. The lowest BCUT2D eigenvalue weighted by Crippen LogP contribution is -2.29. The van der Waals surface area contributed by atoms with Crippen LogP contribution in [0.1, 0.15) is 17.2 Å². The Hall–Kier alpha value is -3.89. The number of anilines is 1. The molecule has 1 fully saturated rings. The molecule has 6 rings (SSSR count). The summed E-state index contributed by atoms with van der Waals surface area (Å²) in [5.74, 6) is -0.182. The van der Waals surface area contributed by atoms with Crippen molar-refractivity contribution in [1.82, 2.24) is 4.98 Å². The Morgan fingerprint density at radius 1 is 1.05 bits per heavy atom. The number of carbonyl (C=O) groups excluding carboxylic acids is 2. The van der Waals surface area contributed by atoms with Crippen LogP contribution in [0.25, 0.3) is 16.0 Å². The molecule has 1 aromatic heterocycles. The Morgan fingerprint density at radius 3 is 2.57 bits per heavy atom. The van der Waals surface area contributed by atoms with Gasteiger partial charge in [-0.05, 0) is 54.1 Å². The number of aromatic nitrogens is 1. The molecule has 0 aliphatic carbocycles. The van der Waals surface area contributed by atoms with Gasteiger partial charge in [-0.15, -0.1) is 0 Å². The van der Waals surface area contributed by atoms with Crippen molar-refractivity contribution in [3.05, 3.63) is 81.8 Å². The first kappa shape index (κ1) is 23.5. The SMILES string of the molecule is COc1ccc2nc(N3C(=O)C(=O)/C(=C(/O)c4ccc5c(c4)OCCO5)C3c3ccc(Br)cc3)sc2c1. The van der Waals surface area contributed by atoms with Gasteiger partial charge in [0.05, 0.1) is 28.9 Å².